The Kier molecular flexibility index (Phi) is 6.04. The summed E-state index contributed by atoms with van der Waals surface area (Å²) in [6, 6.07) is 9.73. The summed E-state index contributed by atoms with van der Waals surface area (Å²) in [5.74, 6) is 0.0738. The standard InChI is InChI=1S/C15H21N3O/c1-4-12(2)17-10-15(19)18(3)11-14-7-5-13(9-16)6-8-14/h5-8,12,17H,4,10-11H2,1-3H3. The van der Waals surface area contributed by atoms with Gasteiger partial charge in [0.05, 0.1) is 18.2 Å². The number of hydrogen-bond acceptors (Lipinski definition) is 3. The summed E-state index contributed by atoms with van der Waals surface area (Å²) in [6.07, 6.45) is 1.01. The van der Waals surface area contributed by atoms with Crippen LogP contribution in [0.15, 0.2) is 24.3 Å². The van der Waals surface area contributed by atoms with Gasteiger partial charge in [0.2, 0.25) is 5.91 Å². The van der Waals surface area contributed by atoms with Crippen molar-refractivity contribution in [3.8, 4) is 6.07 Å². The number of hydrogen-bond donors (Lipinski definition) is 1. The first kappa shape index (κ1) is 15.2. The summed E-state index contributed by atoms with van der Waals surface area (Å²) in [6.45, 7) is 5.07. The van der Waals surface area contributed by atoms with E-state index in [1.54, 1.807) is 24.1 Å². The number of nitriles is 1. The molecule has 1 N–H and O–H groups in total. The second-order valence-corrected chi connectivity index (χ2v) is 4.75. The molecule has 102 valence electrons. The maximum Gasteiger partial charge on any atom is 0.236 e. The molecule has 1 amide bonds. The largest absolute Gasteiger partial charge is 0.340 e. The van der Waals surface area contributed by atoms with E-state index in [-0.39, 0.29) is 5.91 Å². The second-order valence-electron chi connectivity index (χ2n) is 4.75. The third kappa shape index (κ3) is 5.11. The monoisotopic (exact) mass is 259 g/mol. The van der Waals surface area contributed by atoms with E-state index in [0.717, 1.165) is 12.0 Å². The van der Waals surface area contributed by atoms with Crippen molar-refractivity contribution < 1.29 is 4.79 Å². The molecule has 1 aromatic carbocycles. The van der Waals surface area contributed by atoms with E-state index in [0.29, 0.717) is 24.7 Å². The van der Waals surface area contributed by atoms with Crippen LogP contribution in [0.25, 0.3) is 0 Å². The molecule has 0 heterocycles. The van der Waals surface area contributed by atoms with Crippen molar-refractivity contribution >= 4 is 5.91 Å². The Balaban J connectivity index is 2.47. The van der Waals surface area contributed by atoms with Crippen LogP contribution in [0.4, 0.5) is 0 Å². The molecule has 0 saturated carbocycles. The lowest BCUT2D eigenvalue weighted by Gasteiger charge is -2.19. The van der Waals surface area contributed by atoms with Gasteiger partial charge in [0, 0.05) is 19.6 Å². The number of carbonyl (C=O) groups excluding carboxylic acids is 1. The minimum absolute atomic E-state index is 0.0738. The number of amides is 1. The van der Waals surface area contributed by atoms with E-state index in [9.17, 15) is 4.79 Å². The molecular formula is C15H21N3O. The highest BCUT2D eigenvalue weighted by molar-refractivity contribution is 5.78. The van der Waals surface area contributed by atoms with Crippen LogP contribution >= 0.6 is 0 Å². The molecule has 1 aromatic rings. The lowest BCUT2D eigenvalue weighted by molar-refractivity contribution is -0.129. The van der Waals surface area contributed by atoms with Gasteiger partial charge in [-0.1, -0.05) is 19.1 Å². The van der Waals surface area contributed by atoms with E-state index < -0.39 is 0 Å². The Morgan fingerprint density at radius 3 is 2.58 bits per heavy atom. The number of likely N-dealkylation sites (N-methyl/N-ethyl adjacent to an activating group) is 1. The number of rotatable bonds is 6. The average molecular weight is 259 g/mol. The van der Waals surface area contributed by atoms with Crippen molar-refractivity contribution in [2.75, 3.05) is 13.6 Å². The van der Waals surface area contributed by atoms with Gasteiger partial charge in [0.25, 0.3) is 0 Å². The van der Waals surface area contributed by atoms with Gasteiger partial charge in [-0.15, -0.1) is 0 Å². The molecule has 0 aliphatic heterocycles. The normalized spacial score (nSPS) is 11.7. The van der Waals surface area contributed by atoms with Gasteiger partial charge in [0.1, 0.15) is 0 Å². The predicted molar refractivity (Wildman–Crippen MR) is 75.4 cm³/mol. The van der Waals surface area contributed by atoms with E-state index in [1.165, 1.54) is 0 Å². The summed E-state index contributed by atoms with van der Waals surface area (Å²) in [4.78, 5) is 13.6. The number of carbonyl (C=O) groups is 1. The van der Waals surface area contributed by atoms with Gasteiger partial charge in [0.15, 0.2) is 0 Å². The average Bonchev–Trinajstić information content (AvgIpc) is 2.44. The van der Waals surface area contributed by atoms with E-state index >= 15 is 0 Å². The minimum Gasteiger partial charge on any atom is -0.340 e. The molecule has 0 spiro atoms. The summed E-state index contributed by atoms with van der Waals surface area (Å²) in [5, 5.41) is 11.9. The summed E-state index contributed by atoms with van der Waals surface area (Å²) < 4.78 is 0. The van der Waals surface area contributed by atoms with Gasteiger partial charge >= 0.3 is 0 Å². The Labute approximate surface area is 115 Å². The molecule has 1 unspecified atom stereocenters. The van der Waals surface area contributed by atoms with Crippen LogP contribution in [-0.4, -0.2) is 30.4 Å². The first-order chi connectivity index (χ1) is 9.06. The zero-order valence-electron chi connectivity index (χ0n) is 11.8. The molecule has 4 nitrogen and oxygen atoms in total. The van der Waals surface area contributed by atoms with Crippen molar-refractivity contribution in [2.24, 2.45) is 0 Å². The fraction of sp³-hybridized carbons (Fsp3) is 0.467. The Morgan fingerprint density at radius 2 is 2.05 bits per heavy atom. The quantitative estimate of drug-likeness (QED) is 0.849. The van der Waals surface area contributed by atoms with E-state index in [2.05, 4.69) is 25.2 Å². The first-order valence-corrected chi connectivity index (χ1v) is 6.53. The Morgan fingerprint density at radius 1 is 1.42 bits per heavy atom. The van der Waals surface area contributed by atoms with Gasteiger partial charge in [-0.3, -0.25) is 4.79 Å². The zero-order chi connectivity index (χ0) is 14.3. The van der Waals surface area contributed by atoms with E-state index in [1.807, 2.05) is 12.1 Å². The Bertz CT molecular complexity index is 447. The smallest absolute Gasteiger partial charge is 0.236 e. The summed E-state index contributed by atoms with van der Waals surface area (Å²) in [7, 11) is 1.79. The summed E-state index contributed by atoms with van der Waals surface area (Å²) in [5.41, 5.74) is 1.66. The van der Waals surface area contributed by atoms with Crippen molar-refractivity contribution in [3.63, 3.8) is 0 Å². The molecule has 0 bridgehead atoms. The van der Waals surface area contributed by atoms with Crippen LogP contribution in [0.1, 0.15) is 31.4 Å². The number of benzene rings is 1. The molecule has 0 aliphatic rings. The maximum absolute atomic E-state index is 11.9. The molecule has 0 aromatic heterocycles. The van der Waals surface area contributed by atoms with Gasteiger partial charge in [-0.25, -0.2) is 0 Å². The fourth-order valence-electron chi connectivity index (χ4n) is 1.59. The first-order valence-electron chi connectivity index (χ1n) is 6.53. The molecule has 0 radical (unpaired) electrons. The predicted octanol–water partition coefficient (Wildman–Crippen LogP) is 1.90. The molecular weight excluding hydrogens is 238 g/mol. The van der Waals surface area contributed by atoms with Crippen molar-refractivity contribution in [3.05, 3.63) is 35.4 Å². The number of nitrogens with one attached hydrogen (secondary N) is 1. The highest BCUT2D eigenvalue weighted by Crippen LogP contribution is 2.06. The fourth-order valence-corrected chi connectivity index (χ4v) is 1.59. The molecule has 1 atom stereocenters. The lowest BCUT2D eigenvalue weighted by Crippen LogP contribution is -2.38. The van der Waals surface area contributed by atoms with E-state index in [4.69, 9.17) is 5.26 Å². The summed E-state index contributed by atoms with van der Waals surface area (Å²) >= 11 is 0. The molecule has 0 saturated heterocycles. The van der Waals surface area contributed by atoms with Gasteiger partial charge in [-0.05, 0) is 31.0 Å². The van der Waals surface area contributed by atoms with Gasteiger partial charge < -0.3 is 10.2 Å². The Hall–Kier alpha value is -1.86. The van der Waals surface area contributed by atoms with Crippen molar-refractivity contribution in [1.29, 1.82) is 5.26 Å². The SMILES string of the molecule is CCC(C)NCC(=O)N(C)Cc1ccc(C#N)cc1. The molecule has 0 fully saturated rings. The highest BCUT2D eigenvalue weighted by atomic mass is 16.2. The van der Waals surface area contributed by atoms with Crippen LogP contribution in [0.2, 0.25) is 0 Å². The van der Waals surface area contributed by atoms with Gasteiger partial charge in [-0.2, -0.15) is 5.26 Å². The zero-order valence-corrected chi connectivity index (χ0v) is 11.8. The second kappa shape index (κ2) is 7.55. The third-order valence-electron chi connectivity index (χ3n) is 3.14. The molecule has 1 rings (SSSR count). The van der Waals surface area contributed by atoms with Crippen LogP contribution in [0.5, 0.6) is 0 Å². The molecule has 0 aliphatic carbocycles. The topological polar surface area (TPSA) is 56.1 Å². The van der Waals surface area contributed by atoms with Crippen LogP contribution < -0.4 is 5.32 Å². The molecule has 19 heavy (non-hydrogen) atoms. The third-order valence-corrected chi connectivity index (χ3v) is 3.14. The van der Waals surface area contributed by atoms with Crippen molar-refractivity contribution in [2.45, 2.75) is 32.9 Å². The van der Waals surface area contributed by atoms with Crippen LogP contribution in [0, 0.1) is 11.3 Å². The lowest BCUT2D eigenvalue weighted by atomic mass is 10.1. The van der Waals surface area contributed by atoms with Crippen LogP contribution in [-0.2, 0) is 11.3 Å². The van der Waals surface area contributed by atoms with Crippen molar-refractivity contribution in [1.82, 2.24) is 10.2 Å². The maximum atomic E-state index is 11.9. The number of nitrogens with zero attached hydrogens (tertiary/aromatic N) is 2. The van der Waals surface area contributed by atoms with Crippen LogP contribution in [0.3, 0.4) is 0 Å². The minimum atomic E-state index is 0.0738. The molecule has 4 heteroatoms. The highest BCUT2D eigenvalue weighted by Gasteiger charge is 2.10.